The van der Waals surface area contributed by atoms with Gasteiger partial charge in [-0.05, 0) is 35.6 Å². The van der Waals surface area contributed by atoms with Crippen LogP contribution in [0.15, 0.2) is 72.8 Å². The van der Waals surface area contributed by atoms with E-state index in [0.29, 0.717) is 0 Å². The predicted molar refractivity (Wildman–Crippen MR) is 114 cm³/mol. The van der Waals surface area contributed by atoms with Crippen LogP contribution in [0.1, 0.15) is 36.1 Å². The van der Waals surface area contributed by atoms with Crippen molar-refractivity contribution >= 4 is 5.97 Å². The Labute approximate surface area is 171 Å². The van der Waals surface area contributed by atoms with Crippen LogP contribution in [0, 0.1) is 0 Å². The van der Waals surface area contributed by atoms with Gasteiger partial charge in [0, 0.05) is 11.1 Å². The molecule has 148 valence electrons. The van der Waals surface area contributed by atoms with Gasteiger partial charge < -0.3 is 15.6 Å². The molecule has 0 spiro atoms. The Bertz CT molecular complexity index is 996. The molecule has 0 saturated heterocycles. The number of carboxylic acids is 1. The molecular weight excluding hydrogens is 362 g/mol. The third kappa shape index (κ3) is 3.05. The zero-order valence-corrected chi connectivity index (χ0v) is 16.6. The van der Waals surface area contributed by atoms with Gasteiger partial charge in [-0.1, -0.05) is 79.7 Å². The first kappa shape index (κ1) is 19.4. The monoisotopic (exact) mass is 387 g/mol. The fourth-order valence-corrected chi connectivity index (χ4v) is 4.23. The van der Waals surface area contributed by atoms with Crippen molar-refractivity contribution < 1.29 is 14.6 Å². The highest BCUT2D eigenvalue weighted by molar-refractivity contribution is 5.82. The Balaban J connectivity index is 1.97. The first-order chi connectivity index (χ1) is 14.0. The maximum atomic E-state index is 11.5. The number of carbonyl (C=O) groups is 1. The molecule has 3 aromatic carbocycles. The van der Waals surface area contributed by atoms with Crippen LogP contribution in [-0.4, -0.2) is 23.2 Å². The van der Waals surface area contributed by atoms with Gasteiger partial charge in [0.05, 0.1) is 6.10 Å². The molecule has 2 atom stereocenters. The van der Waals surface area contributed by atoms with Gasteiger partial charge in [-0.2, -0.15) is 0 Å². The van der Waals surface area contributed by atoms with E-state index in [2.05, 4.69) is 55.5 Å². The molecule has 3 aromatic rings. The smallest absolute Gasteiger partial charge is 0.323 e. The molecule has 1 aliphatic carbocycles. The SMILES string of the molecule is CCc1ccc(C2(O[C@H](C)[C@H](N)C(=O)O)c3ccccc3-c3ccccc32)cc1. The number of nitrogens with two attached hydrogens (primary N) is 1. The summed E-state index contributed by atoms with van der Waals surface area (Å²) in [6.45, 7) is 3.85. The summed E-state index contributed by atoms with van der Waals surface area (Å²) >= 11 is 0. The van der Waals surface area contributed by atoms with Crippen LogP contribution in [0.5, 0.6) is 0 Å². The molecule has 3 N–H and O–H groups in total. The van der Waals surface area contributed by atoms with Gasteiger partial charge in [-0.3, -0.25) is 4.79 Å². The number of carboxylic acid groups (broad SMARTS) is 1. The molecule has 0 unspecified atom stereocenters. The number of rotatable bonds is 6. The van der Waals surface area contributed by atoms with Gasteiger partial charge in [0.1, 0.15) is 11.6 Å². The van der Waals surface area contributed by atoms with E-state index >= 15 is 0 Å². The van der Waals surface area contributed by atoms with Gasteiger partial charge in [-0.15, -0.1) is 0 Å². The van der Waals surface area contributed by atoms with E-state index in [1.54, 1.807) is 6.92 Å². The molecule has 29 heavy (non-hydrogen) atoms. The number of hydrogen-bond donors (Lipinski definition) is 2. The first-order valence-corrected chi connectivity index (χ1v) is 9.94. The average Bonchev–Trinajstić information content (AvgIpc) is 3.04. The molecular formula is C25H25NO3. The topological polar surface area (TPSA) is 72.5 Å². The van der Waals surface area contributed by atoms with Gasteiger partial charge in [-0.25, -0.2) is 0 Å². The molecule has 4 rings (SSSR count). The van der Waals surface area contributed by atoms with Gasteiger partial charge in [0.15, 0.2) is 0 Å². The maximum absolute atomic E-state index is 11.5. The fourth-order valence-electron chi connectivity index (χ4n) is 4.23. The quantitative estimate of drug-likeness (QED) is 0.660. The fraction of sp³-hybridized carbons (Fsp3) is 0.240. The summed E-state index contributed by atoms with van der Waals surface area (Å²) in [7, 11) is 0. The minimum Gasteiger partial charge on any atom is -0.480 e. The summed E-state index contributed by atoms with van der Waals surface area (Å²) < 4.78 is 6.63. The van der Waals surface area contributed by atoms with Crippen LogP contribution < -0.4 is 5.73 Å². The van der Waals surface area contributed by atoms with E-state index in [1.807, 2.05) is 24.3 Å². The number of aryl methyl sites for hydroxylation is 1. The Morgan fingerprint density at radius 3 is 1.97 bits per heavy atom. The molecule has 0 heterocycles. The molecule has 1 aliphatic rings. The highest BCUT2D eigenvalue weighted by atomic mass is 16.5. The molecule has 0 radical (unpaired) electrons. The molecule has 0 fully saturated rings. The van der Waals surface area contributed by atoms with Crippen molar-refractivity contribution in [2.45, 2.75) is 38.0 Å². The molecule has 4 heteroatoms. The van der Waals surface area contributed by atoms with E-state index in [9.17, 15) is 9.90 Å². The largest absolute Gasteiger partial charge is 0.480 e. The number of fused-ring (bicyclic) bond motifs is 3. The van der Waals surface area contributed by atoms with Crippen molar-refractivity contribution in [1.29, 1.82) is 0 Å². The van der Waals surface area contributed by atoms with Crippen LogP contribution in [-0.2, 0) is 21.6 Å². The van der Waals surface area contributed by atoms with Crippen molar-refractivity contribution in [1.82, 2.24) is 0 Å². The molecule has 0 aromatic heterocycles. The Morgan fingerprint density at radius 1 is 0.966 bits per heavy atom. The van der Waals surface area contributed by atoms with Crippen molar-refractivity contribution in [2.24, 2.45) is 5.73 Å². The van der Waals surface area contributed by atoms with E-state index in [1.165, 1.54) is 5.56 Å². The number of hydrogen-bond acceptors (Lipinski definition) is 3. The van der Waals surface area contributed by atoms with E-state index in [0.717, 1.165) is 34.2 Å². The second-order valence-electron chi connectivity index (χ2n) is 7.51. The predicted octanol–water partition coefficient (Wildman–Crippen LogP) is 4.34. The molecule has 0 saturated carbocycles. The number of benzene rings is 3. The van der Waals surface area contributed by atoms with E-state index < -0.39 is 23.7 Å². The second kappa shape index (κ2) is 7.47. The van der Waals surface area contributed by atoms with Crippen LogP contribution in [0.2, 0.25) is 0 Å². The molecule has 0 aliphatic heterocycles. The Hall–Kier alpha value is -2.95. The standard InChI is InChI=1S/C25H25NO3/c1-3-17-12-14-18(15-13-17)25(29-16(2)23(26)24(27)28)21-10-6-4-8-19(21)20-9-5-7-11-22(20)25/h4-16,23H,3,26H2,1-2H3,(H,27,28)/t16-,23+/m1/s1. The van der Waals surface area contributed by atoms with E-state index in [4.69, 9.17) is 10.5 Å². The summed E-state index contributed by atoms with van der Waals surface area (Å²) in [5, 5.41) is 9.43. The average molecular weight is 387 g/mol. The maximum Gasteiger partial charge on any atom is 0.323 e. The van der Waals surface area contributed by atoms with Crippen molar-refractivity contribution in [2.75, 3.05) is 0 Å². The van der Waals surface area contributed by atoms with Gasteiger partial charge in [0.2, 0.25) is 0 Å². The van der Waals surface area contributed by atoms with Gasteiger partial charge >= 0.3 is 5.97 Å². The summed E-state index contributed by atoms with van der Waals surface area (Å²) in [5.74, 6) is -1.08. The lowest BCUT2D eigenvalue weighted by Crippen LogP contribution is -2.46. The Kier molecular flexibility index (Phi) is 4.99. The van der Waals surface area contributed by atoms with Crippen molar-refractivity contribution in [3.63, 3.8) is 0 Å². The van der Waals surface area contributed by atoms with Crippen LogP contribution in [0.25, 0.3) is 11.1 Å². The summed E-state index contributed by atoms with van der Waals surface area (Å²) in [6.07, 6.45) is 0.249. The van der Waals surface area contributed by atoms with Crippen LogP contribution in [0.3, 0.4) is 0 Å². The van der Waals surface area contributed by atoms with Crippen LogP contribution >= 0.6 is 0 Å². The molecule has 0 amide bonds. The normalized spacial score (nSPS) is 16.0. The van der Waals surface area contributed by atoms with Crippen LogP contribution in [0.4, 0.5) is 0 Å². The molecule has 4 nitrogen and oxygen atoms in total. The minimum absolute atomic E-state index is 0.697. The number of ether oxygens (including phenoxy) is 1. The van der Waals surface area contributed by atoms with E-state index in [-0.39, 0.29) is 0 Å². The third-order valence-electron chi connectivity index (χ3n) is 5.83. The highest BCUT2D eigenvalue weighted by Gasteiger charge is 2.47. The first-order valence-electron chi connectivity index (χ1n) is 9.94. The lowest BCUT2D eigenvalue weighted by Gasteiger charge is -2.36. The van der Waals surface area contributed by atoms with Crippen molar-refractivity contribution in [3.05, 3.63) is 95.1 Å². The molecule has 0 bridgehead atoms. The minimum atomic E-state index is -1.12. The lowest BCUT2D eigenvalue weighted by molar-refractivity contribution is -0.144. The zero-order valence-electron chi connectivity index (χ0n) is 16.6. The zero-order chi connectivity index (χ0) is 20.6. The number of aliphatic carboxylic acids is 1. The Morgan fingerprint density at radius 2 is 1.48 bits per heavy atom. The summed E-state index contributed by atoms with van der Waals surface area (Å²) in [4.78, 5) is 11.5. The second-order valence-corrected chi connectivity index (χ2v) is 7.51. The lowest BCUT2D eigenvalue weighted by atomic mass is 9.83. The van der Waals surface area contributed by atoms with Crippen molar-refractivity contribution in [3.8, 4) is 11.1 Å². The highest BCUT2D eigenvalue weighted by Crippen LogP contribution is 2.53. The van der Waals surface area contributed by atoms with Gasteiger partial charge in [0.25, 0.3) is 0 Å². The summed E-state index contributed by atoms with van der Waals surface area (Å²) in [5.41, 5.74) is 11.4. The third-order valence-corrected chi connectivity index (χ3v) is 5.83. The summed E-state index contributed by atoms with van der Waals surface area (Å²) in [6, 6.07) is 23.5.